The van der Waals surface area contributed by atoms with E-state index in [0.29, 0.717) is 18.7 Å². The number of hydrogen-bond donors (Lipinski definition) is 2. The van der Waals surface area contributed by atoms with Crippen LogP contribution in [-0.4, -0.2) is 24.9 Å². The molecule has 4 nitrogen and oxygen atoms in total. The highest BCUT2D eigenvalue weighted by Crippen LogP contribution is 2.17. The zero-order chi connectivity index (χ0) is 7.84. The van der Waals surface area contributed by atoms with Gasteiger partial charge in [-0.2, -0.15) is 0 Å². The van der Waals surface area contributed by atoms with Crippen molar-refractivity contribution in [2.75, 3.05) is 13.1 Å². The van der Waals surface area contributed by atoms with Crippen LogP contribution in [0.15, 0.2) is 11.1 Å². The Morgan fingerprint density at radius 2 is 1.82 bits per heavy atom. The minimum atomic E-state index is -0.225. The van der Waals surface area contributed by atoms with Gasteiger partial charge in [0.25, 0.3) is 11.8 Å². The highest BCUT2D eigenvalue weighted by molar-refractivity contribution is 6.21. The van der Waals surface area contributed by atoms with Gasteiger partial charge in [0.2, 0.25) is 0 Å². The van der Waals surface area contributed by atoms with E-state index in [2.05, 4.69) is 10.6 Å². The fraction of sp³-hybridized carbons (Fsp3) is 0.429. The summed E-state index contributed by atoms with van der Waals surface area (Å²) in [5, 5.41) is 5.24. The van der Waals surface area contributed by atoms with E-state index in [0.717, 1.165) is 12.0 Å². The Balaban J connectivity index is 2.41. The van der Waals surface area contributed by atoms with Gasteiger partial charge in [-0.3, -0.25) is 9.59 Å². The summed E-state index contributed by atoms with van der Waals surface area (Å²) in [6, 6.07) is 0. The number of carbonyl (C=O) groups excluding carboxylic acids is 2. The minimum Gasteiger partial charge on any atom is -0.352 e. The second-order valence-corrected chi connectivity index (χ2v) is 2.67. The van der Waals surface area contributed by atoms with E-state index in [1.165, 1.54) is 0 Å². The van der Waals surface area contributed by atoms with Gasteiger partial charge in [0.05, 0.1) is 0 Å². The van der Waals surface area contributed by atoms with E-state index in [9.17, 15) is 9.59 Å². The molecule has 0 atom stereocenters. The van der Waals surface area contributed by atoms with Crippen molar-refractivity contribution in [1.82, 2.24) is 10.6 Å². The van der Waals surface area contributed by atoms with E-state index in [-0.39, 0.29) is 11.8 Å². The van der Waals surface area contributed by atoms with Crippen LogP contribution >= 0.6 is 0 Å². The zero-order valence-electron chi connectivity index (χ0n) is 5.94. The first-order valence-electron chi connectivity index (χ1n) is 3.57. The molecule has 2 N–H and O–H groups in total. The molecule has 0 spiro atoms. The predicted octanol–water partition coefficient (Wildman–Crippen LogP) is -1.07. The normalized spacial score (nSPS) is 22.9. The molecular weight excluding hydrogens is 144 g/mol. The standard InChI is InChI=1S/C7H8N2O2/c10-6-5-4(1-2-8-6)3-9-7(5)11/h1-3H2,(H,8,10)(H,9,11). The third kappa shape index (κ3) is 0.824. The van der Waals surface area contributed by atoms with Crippen LogP contribution in [0, 0.1) is 0 Å². The number of nitrogens with one attached hydrogen (secondary N) is 2. The van der Waals surface area contributed by atoms with Crippen LogP contribution in [0.25, 0.3) is 0 Å². The molecular formula is C7H8N2O2. The molecule has 2 aliphatic heterocycles. The summed E-state index contributed by atoms with van der Waals surface area (Å²) in [5.41, 5.74) is 1.30. The van der Waals surface area contributed by atoms with Crippen molar-refractivity contribution in [3.8, 4) is 0 Å². The summed E-state index contributed by atoms with van der Waals surface area (Å²) < 4.78 is 0. The van der Waals surface area contributed by atoms with E-state index >= 15 is 0 Å². The maximum Gasteiger partial charge on any atom is 0.257 e. The first-order valence-corrected chi connectivity index (χ1v) is 3.57. The molecule has 0 bridgehead atoms. The third-order valence-corrected chi connectivity index (χ3v) is 1.98. The maximum atomic E-state index is 11.1. The summed E-state index contributed by atoms with van der Waals surface area (Å²) in [5.74, 6) is -0.446. The lowest BCUT2D eigenvalue weighted by atomic mass is 10.0. The van der Waals surface area contributed by atoms with Crippen molar-refractivity contribution in [3.05, 3.63) is 11.1 Å². The topological polar surface area (TPSA) is 58.2 Å². The third-order valence-electron chi connectivity index (χ3n) is 1.98. The van der Waals surface area contributed by atoms with Gasteiger partial charge in [-0.25, -0.2) is 0 Å². The van der Waals surface area contributed by atoms with E-state index < -0.39 is 0 Å². The van der Waals surface area contributed by atoms with Gasteiger partial charge in [0.1, 0.15) is 5.57 Å². The molecule has 0 aromatic heterocycles. The summed E-state index contributed by atoms with van der Waals surface area (Å²) in [4.78, 5) is 22.0. The highest BCUT2D eigenvalue weighted by atomic mass is 16.2. The van der Waals surface area contributed by atoms with Crippen LogP contribution in [0.2, 0.25) is 0 Å². The van der Waals surface area contributed by atoms with Crippen molar-refractivity contribution in [1.29, 1.82) is 0 Å². The molecule has 2 aliphatic rings. The maximum absolute atomic E-state index is 11.1. The Morgan fingerprint density at radius 3 is 2.55 bits per heavy atom. The van der Waals surface area contributed by atoms with Gasteiger partial charge < -0.3 is 10.6 Å². The van der Waals surface area contributed by atoms with Gasteiger partial charge >= 0.3 is 0 Å². The predicted molar refractivity (Wildman–Crippen MR) is 37.7 cm³/mol. The smallest absolute Gasteiger partial charge is 0.257 e. The summed E-state index contributed by atoms with van der Waals surface area (Å²) in [6.45, 7) is 1.22. The second-order valence-electron chi connectivity index (χ2n) is 2.67. The lowest BCUT2D eigenvalue weighted by Crippen LogP contribution is -2.33. The van der Waals surface area contributed by atoms with E-state index in [1.54, 1.807) is 0 Å². The largest absolute Gasteiger partial charge is 0.352 e. The lowest BCUT2D eigenvalue weighted by molar-refractivity contribution is -0.123. The first-order chi connectivity index (χ1) is 5.29. The van der Waals surface area contributed by atoms with Crippen LogP contribution in [0.5, 0.6) is 0 Å². The van der Waals surface area contributed by atoms with Crippen molar-refractivity contribution < 1.29 is 9.59 Å². The zero-order valence-corrected chi connectivity index (χ0v) is 5.94. The molecule has 2 heterocycles. The summed E-state index contributed by atoms with van der Waals surface area (Å²) in [7, 11) is 0. The molecule has 0 fully saturated rings. The molecule has 0 aromatic carbocycles. The molecule has 2 amide bonds. The summed E-state index contributed by atoms with van der Waals surface area (Å²) >= 11 is 0. The molecule has 58 valence electrons. The molecule has 0 unspecified atom stereocenters. The Bertz CT molecular complexity index is 268. The molecule has 0 aliphatic carbocycles. The Labute approximate surface area is 63.7 Å². The van der Waals surface area contributed by atoms with Crippen molar-refractivity contribution in [3.63, 3.8) is 0 Å². The van der Waals surface area contributed by atoms with E-state index in [4.69, 9.17) is 0 Å². The van der Waals surface area contributed by atoms with E-state index in [1.807, 2.05) is 0 Å². The van der Waals surface area contributed by atoms with Crippen molar-refractivity contribution >= 4 is 11.8 Å². The molecule has 0 saturated carbocycles. The Morgan fingerprint density at radius 1 is 1.09 bits per heavy atom. The van der Waals surface area contributed by atoms with Crippen LogP contribution in [0.1, 0.15) is 6.42 Å². The van der Waals surface area contributed by atoms with Crippen molar-refractivity contribution in [2.24, 2.45) is 0 Å². The monoisotopic (exact) mass is 152 g/mol. The molecule has 11 heavy (non-hydrogen) atoms. The van der Waals surface area contributed by atoms with Gasteiger partial charge in [-0.1, -0.05) is 0 Å². The number of amides is 2. The molecule has 0 radical (unpaired) electrons. The summed E-state index contributed by atoms with van der Waals surface area (Å²) in [6.07, 6.45) is 0.805. The minimum absolute atomic E-state index is 0.221. The quantitative estimate of drug-likeness (QED) is 0.434. The SMILES string of the molecule is O=C1NCCC2=C1C(=O)NC2. The fourth-order valence-electron chi connectivity index (χ4n) is 1.42. The molecule has 0 aromatic rings. The fourth-order valence-corrected chi connectivity index (χ4v) is 1.42. The Hall–Kier alpha value is -1.32. The van der Waals surface area contributed by atoms with Gasteiger partial charge in [-0.05, 0) is 12.0 Å². The molecule has 2 rings (SSSR count). The second kappa shape index (κ2) is 2.08. The van der Waals surface area contributed by atoms with Crippen LogP contribution in [-0.2, 0) is 9.59 Å². The molecule has 4 heteroatoms. The van der Waals surface area contributed by atoms with Crippen LogP contribution < -0.4 is 10.6 Å². The number of rotatable bonds is 0. The van der Waals surface area contributed by atoms with Crippen LogP contribution in [0.3, 0.4) is 0 Å². The number of hydrogen-bond acceptors (Lipinski definition) is 2. The molecule has 0 saturated heterocycles. The number of carbonyl (C=O) groups is 2. The Kier molecular flexibility index (Phi) is 1.21. The van der Waals surface area contributed by atoms with Gasteiger partial charge in [0, 0.05) is 13.1 Å². The first kappa shape index (κ1) is 6.39. The average Bonchev–Trinajstić information content (AvgIpc) is 2.34. The highest BCUT2D eigenvalue weighted by Gasteiger charge is 2.30. The van der Waals surface area contributed by atoms with Crippen LogP contribution in [0.4, 0.5) is 0 Å². The van der Waals surface area contributed by atoms with Gasteiger partial charge in [0.15, 0.2) is 0 Å². The average molecular weight is 152 g/mol. The van der Waals surface area contributed by atoms with Crippen molar-refractivity contribution in [2.45, 2.75) is 6.42 Å². The lowest BCUT2D eigenvalue weighted by Gasteiger charge is -2.11. The van der Waals surface area contributed by atoms with Gasteiger partial charge in [-0.15, -0.1) is 0 Å².